The first-order chi connectivity index (χ1) is 13.2. The lowest BCUT2D eigenvalue weighted by atomic mass is 9.97. The van der Waals surface area contributed by atoms with E-state index in [0.717, 1.165) is 17.6 Å². The molecule has 1 aromatic heterocycles. The van der Waals surface area contributed by atoms with Crippen molar-refractivity contribution in [2.24, 2.45) is 0 Å². The molecule has 27 heavy (non-hydrogen) atoms. The van der Waals surface area contributed by atoms with Crippen LogP contribution in [0.3, 0.4) is 0 Å². The summed E-state index contributed by atoms with van der Waals surface area (Å²) in [6.45, 7) is 2.05. The number of likely N-dealkylation sites (N-methyl/N-ethyl adjacent to an activating group) is 1. The van der Waals surface area contributed by atoms with E-state index in [2.05, 4.69) is 110 Å². The van der Waals surface area contributed by atoms with Gasteiger partial charge in [0.1, 0.15) is 0 Å². The van der Waals surface area contributed by atoms with Crippen LogP contribution in [-0.4, -0.2) is 12.0 Å². The molecule has 0 N–H and O–H groups in total. The van der Waals surface area contributed by atoms with Crippen LogP contribution in [0.25, 0.3) is 10.9 Å². The van der Waals surface area contributed by atoms with Gasteiger partial charge in [0.15, 0.2) is 0 Å². The quantitative estimate of drug-likeness (QED) is 0.440. The minimum absolute atomic E-state index is 0.238. The summed E-state index contributed by atoms with van der Waals surface area (Å²) >= 11 is 0. The Labute approximate surface area is 161 Å². The molecular weight excluding hydrogens is 328 g/mol. The number of para-hydroxylation sites is 1. The molecule has 0 spiro atoms. The maximum Gasteiger partial charge on any atom is 0.0938 e. The fraction of sp³-hybridized carbons (Fsp3) is 0.160. The van der Waals surface area contributed by atoms with Crippen LogP contribution in [0.1, 0.15) is 22.9 Å². The summed E-state index contributed by atoms with van der Waals surface area (Å²) in [4.78, 5) is 7.21. The zero-order valence-electron chi connectivity index (χ0n) is 15.8. The smallest absolute Gasteiger partial charge is 0.0938 e. The van der Waals surface area contributed by atoms with Crippen molar-refractivity contribution in [3.05, 3.63) is 108 Å². The Morgan fingerprint density at radius 3 is 2.22 bits per heavy atom. The molecule has 4 rings (SSSR count). The molecule has 1 heterocycles. The Bertz CT molecular complexity index is 1030. The van der Waals surface area contributed by atoms with Gasteiger partial charge in [0.25, 0.3) is 0 Å². The van der Waals surface area contributed by atoms with E-state index in [-0.39, 0.29) is 6.04 Å². The molecule has 4 aromatic rings. The van der Waals surface area contributed by atoms with E-state index in [1.54, 1.807) is 0 Å². The molecule has 0 radical (unpaired) electrons. The fourth-order valence-electron chi connectivity index (χ4n) is 3.67. The lowest BCUT2D eigenvalue weighted by Gasteiger charge is -2.31. The van der Waals surface area contributed by atoms with Gasteiger partial charge in [-0.05, 0) is 36.6 Å². The van der Waals surface area contributed by atoms with Crippen molar-refractivity contribution < 1.29 is 0 Å². The van der Waals surface area contributed by atoms with Crippen LogP contribution in [0.4, 0.5) is 5.69 Å². The van der Waals surface area contributed by atoms with Gasteiger partial charge in [0.2, 0.25) is 0 Å². The molecule has 2 heteroatoms. The van der Waals surface area contributed by atoms with Gasteiger partial charge in [-0.2, -0.15) is 0 Å². The molecule has 1 atom stereocenters. The number of nitrogens with zero attached hydrogens (tertiary/aromatic N) is 2. The first-order valence-electron chi connectivity index (χ1n) is 9.40. The van der Waals surface area contributed by atoms with Crippen LogP contribution in [-0.2, 0) is 6.42 Å². The van der Waals surface area contributed by atoms with E-state index in [1.807, 2.05) is 0 Å². The second kappa shape index (κ2) is 7.63. The molecule has 0 unspecified atom stereocenters. The van der Waals surface area contributed by atoms with Crippen molar-refractivity contribution >= 4 is 16.6 Å². The highest BCUT2D eigenvalue weighted by molar-refractivity contribution is 5.91. The highest BCUT2D eigenvalue weighted by Crippen LogP contribution is 2.33. The molecule has 0 aliphatic carbocycles. The zero-order chi connectivity index (χ0) is 18.6. The lowest BCUT2D eigenvalue weighted by molar-refractivity contribution is 0.668. The summed E-state index contributed by atoms with van der Waals surface area (Å²) in [5.41, 5.74) is 5.92. The molecule has 2 nitrogen and oxygen atoms in total. The largest absolute Gasteiger partial charge is 0.365 e. The van der Waals surface area contributed by atoms with Crippen molar-refractivity contribution in [3.8, 4) is 0 Å². The third kappa shape index (κ3) is 3.70. The molecule has 0 aliphatic heterocycles. The van der Waals surface area contributed by atoms with Crippen molar-refractivity contribution in [2.75, 3.05) is 11.9 Å². The third-order valence-corrected chi connectivity index (χ3v) is 5.14. The average Bonchev–Trinajstić information content (AvgIpc) is 2.72. The van der Waals surface area contributed by atoms with Gasteiger partial charge in [-0.3, -0.25) is 4.98 Å². The fourth-order valence-corrected chi connectivity index (χ4v) is 3.67. The topological polar surface area (TPSA) is 16.1 Å². The monoisotopic (exact) mass is 352 g/mol. The Balaban J connectivity index is 1.79. The van der Waals surface area contributed by atoms with Gasteiger partial charge in [-0.15, -0.1) is 0 Å². The predicted octanol–water partition coefficient (Wildman–Crippen LogP) is 5.96. The van der Waals surface area contributed by atoms with Crippen molar-refractivity contribution in [3.63, 3.8) is 0 Å². The van der Waals surface area contributed by atoms with Gasteiger partial charge in [-0.25, -0.2) is 0 Å². The van der Waals surface area contributed by atoms with Gasteiger partial charge >= 0.3 is 0 Å². The standard InChI is InChI=1S/C25H24N2/c1-19-16-17-22-14-9-15-23(25(22)26-19)27(2)24(21-12-7-4-8-13-21)18-20-10-5-3-6-11-20/h3-17,24H,18H2,1-2H3/t24-/m1/s1. The molecule has 0 fully saturated rings. The Hall–Kier alpha value is -3.13. The van der Waals surface area contributed by atoms with Crippen LogP contribution in [0.2, 0.25) is 0 Å². The highest BCUT2D eigenvalue weighted by Gasteiger charge is 2.20. The first-order valence-corrected chi connectivity index (χ1v) is 9.40. The van der Waals surface area contributed by atoms with E-state index in [0.29, 0.717) is 0 Å². The molecule has 134 valence electrons. The lowest BCUT2D eigenvalue weighted by Crippen LogP contribution is -2.26. The second-order valence-electron chi connectivity index (χ2n) is 7.03. The number of benzene rings is 3. The third-order valence-electron chi connectivity index (χ3n) is 5.14. The van der Waals surface area contributed by atoms with Crippen LogP contribution in [0, 0.1) is 6.92 Å². The van der Waals surface area contributed by atoms with Gasteiger partial charge in [-0.1, -0.05) is 78.9 Å². The molecule has 0 bridgehead atoms. The molecular formula is C25H24N2. The number of pyridine rings is 1. The highest BCUT2D eigenvalue weighted by atomic mass is 15.1. The Morgan fingerprint density at radius 1 is 0.778 bits per heavy atom. The van der Waals surface area contributed by atoms with Gasteiger partial charge in [0.05, 0.1) is 17.2 Å². The van der Waals surface area contributed by atoms with Crippen molar-refractivity contribution in [1.29, 1.82) is 0 Å². The average molecular weight is 352 g/mol. The molecule has 0 amide bonds. The predicted molar refractivity (Wildman–Crippen MR) is 114 cm³/mol. The SMILES string of the molecule is Cc1ccc2cccc(N(C)[C@H](Cc3ccccc3)c3ccccc3)c2n1. The minimum atomic E-state index is 0.238. The summed E-state index contributed by atoms with van der Waals surface area (Å²) in [6, 6.07) is 32.3. The van der Waals surface area contributed by atoms with E-state index in [1.165, 1.54) is 22.2 Å². The number of hydrogen-bond acceptors (Lipinski definition) is 2. The van der Waals surface area contributed by atoms with E-state index in [4.69, 9.17) is 4.98 Å². The van der Waals surface area contributed by atoms with E-state index >= 15 is 0 Å². The Kier molecular flexibility index (Phi) is 4.88. The number of anilines is 1. The number of aryl methyl sites for hydroxylation is 1. The Morgan fingerprint density at radius 2 is 1.48 bits per heavy atom. The van der Waals surface area contributed by atoms with Crippen molar-refractivity contribution in [1.82, 2.24) is 4.98 Å². The van der Waals surface area contributed by atoms with Crippen LogP contribution in [0.15, 0.2) is 91.0 Å². The maximum absolute atomic E-state index is 4.84. The summed E-state index contributed by atoms with van der Waals surface area (Å²) in [7, 11) is 2.18. The molecule has 0 aliphatic rings. The molecule has 0 saturated carbocycles. The number of fused-ring (bicyclic) bond motifs is 1. The summed E-state index contributed by atoms with van der Waals surface area (Å²) in [6.07, 6.45) is 0.948. The number of hydrogen-bond donors (Lipinski definition) is 0. The first kappa shape index (κ1) is 17.3. The van der Waals surface area contributed by atoms with E-state index < -0.39 is 0 Å². The summed E-state index contributed by atoms with van der Waals surface area (Å²) in [5.74, 6) is 0. The summed E-state index contributed by atoms with van der Waals surface area (Å²) < 4.78 is 0. The van der Waals surface area contributed by atoms with Crippen LogP contribution >= 0.6 is 0 Å². The van der Waals surface area contributed by atoms with Crippen LogP contribution in [0.5, 0.6) is 0 Å². The maximum atomic E-state index is 4.84. The number of aromatic nitrogens is 1. The molecule has 0 saturated heterocycles. The van der Waals surface area contributed by atoms with Crippen molar-refractivity contribution in [2.45, 2.75) is 19.4 Å². The van der Waals surface area contributed by atoms with E-state index in [9.17, 15) is 0 Å². The minimum Gasteiger partial charge on any atom is -0.365 e. The molecule has 3 aromatic carbocycles. The van der Waals surface area contributed by atoms with Gasteiger partial charge < -0.3 is 4.90 Å². The van der Waals surface area contributed by atoms with Crippen LogP contribution < -0.4 is 4.90 Å². The second-order valence-corrected chi connectivity index (χ2v) is 7.03. The normalized spacial score (nSPS) is 12.1. The van der Waals surface area contributed by atoms with Gasteiger partial charge in [0, 0.05) is 18.1 Å². The zero-order valence-corrected chi connectivity index (χ0v) is 15.8. The summed E-state index contributed by atoms with van der Waals surface area (Å²) in [5, 5.41) is 1.18. The number of rotatable bonds is 5.